The first-order valence-electron chi connectivity index (χ1n) is 10.3. The van der Waals surface area contributed by atoms with Gasteiger partial charge in [0.25, 0.3) is 5.69 Å². The number of hydrogen-bond donors (Lipinski definition) is 1. The minimum Gasteiger partial charge on any atom is -0.497 e. The first-order valence-corrected chi connectivity index (χ1v) is 10.3. The number of nitro groups is 1. The SMILES string of the molecule is COc1ccc2nc(/C=C/c3ccc([N+](=O)[O-])cc3)cc(NC3CCCCC3)c2c1. The summed E-state index contributed by atoms with van der Waals surface area (Å²) in [6, 6.07) is 15.0. The van der Waals surface area contributed by atoms with Crippen molar-refractivity contribution < 1.29 is 9.66 Å². The van der Waals surface area contributed by atoms with E-state index in [0.717, 1.165) is 33.6 Å². The van der Waals surface area contributed by atoms with Gasteiger partial charge in [-0.05, 0) is 60.9 Å². The van der Waals surface area contributed by atoms with Crippen LogP contribution in [0.4, 0.5) is 11.4 Å². The van der Waals surface area contributed by atoms with Crippen molar-refractivity contribution in [3.8, 4) is 5.75 Å². The number of nitrogens with one attached hydrogen (secondary N) is 1. The molecule has 1 N–H and O–H groups in total. The van der Waals surface area contributed by atoms with Crippen molar-refractivity contribution in [3.05, 3.63) is 69.9 Å². The molecule has 154 valence electrons. The van der Waals surface area contributed by atoms with Gasteiger partial charge < -0.3 is 10.1 Å². The molecule has 6 nitrogen and oxygen atoms in total. The van der Waals surface area contributed by atoms with Gasteiger partial charge in [-0.2, -0.15) is 0 Å². The Labute approximate surface area is 175 Å². The van der Waals surface area contributed by atoms with Crippen LogP contribution in [0.2, 0.25) is 0 Å². The maximum Gasteiger partial charge on any atom is 0.269 e. The zero-order valence-corrected chi connectivity index (χ0v) is 17.0. The molecule has 1 heterocycles. The Bertz CT molecular complexity index is 1070. The van der Waals surface area contributed by atoms with Gasteiger partial charge in [0.2, 0.25) is 0 Å². The fraction of sp³-hybridized carbons (Fsp3) is 0.292. The normalized spacial score (nSPS) is 14.8. The summed E-state index contributed by atoms with van der Waals surface area (Å²) in [7, 11) is 1.67. The summed E-state index contributed by atoms with van der Waals surface area (Å²) in [6.07, 6.45) is 10.1. The van der Waals surface area contributed by atoms with E-state index < -0.39 is 4.92 Å². The van der Waals surface area contributed by atoms with Crippen molar-refractivity contribution in [3.63, 3.8) is 0 Å². The number of fused-ring (bicyclic) bond motifs is 1. The molecule has 0 aliphatic heterocycles. The smallest absolute Gasteiger partial charge is 0.269 e. The van der Waals surface area contributed by atoms with Crippen molar-refractivity contribution in [2.45, 2.75) is 38.1 Å². The predicted octanol–water partition coefficient (Wildman–Crippen LogP) is 6.07. The monoisotopic (exact) mass is 403 g/mol. The highest BCUT2D eigenvalue weighted by atomic mass is 16.6. The second-order valence-corrected chi connectivity index (χ2v) is 7.64. The Morgan fingerprint density at radius 2 is 1.83 bits per heavy atom. The summed E-state index contributed by atoms with van der Waals surface area (Å²) in [5.41, 5.74) is 3.78. The van der Waals surface area contributed by atoms with Crippen molar-refractivity contribution >= 4 is 34.4 Å². The van der Waals surface area contributed by atoms with Gasteiger partial charge in [0, 0.05) is 29.2 Å². The lowest BCUT2D eigenvalue weighted by Gasteiger charge is -2.25. The van der Waals surface area contributed by atoms with E-state index in [1.54, 1.807) is 19.2 Å². The van der Waals surface area contributed by atoms with Crippen LogP contribution < -0.4 is 10.1 Å². The summed E-state index contributed by atoms with van der Waals surface area (Å²) < 4.78 is 5.41. The molecule has 1 saturated carbocycles. The number of non-ortho nitro benzene ring substituents is 1. The van der Waals surface area contributed by atoms with Crippen LogP contribution in [-0.2, 0) is 0 Å². The van der Waals surface area contributed by atoms with E-state index in [4.69, 9.17) is 9.72 Å². The maximum absolute atomic E-state index is 10.8. The summed E-state index contributed by atoms with van der Waals surface area (Å²) >= 11 is 0. The van der Waals surface area contributed by atoms with E-state index in [1.807, 2.05) is 30.4 Å². The minimum absolute atomic E-state index is 0.0869. The number of pyridine rings is 1. The number of ether oxygens (including phenoxy) is 1. The molecule has 1 fully saturated rings. The number of nitro benzene ring substituents is 1. The van der Waals surface area contributed by atoms with Crippen molar-refractivity contribution in [1.82, 2.24) is 4.98 Å². The van der Waals surface area contributed by atoms with Gasteiger partial charge >= 0.3 is 0 Å². The standard InChI is InChI=1S/C24H25N3O3/c1-30-21-13-14-23-22(16-21)24(25-18-5-3-2-4-6-18)15-19(26-23)10-7-17-8-11-20(12-9-17)27(28)29/h7-16,18H,2-6H2,1H3,(H,25,26)/b10-7+. The number of anilines is 1. The Balaban J connectivity index is 1.66. The average Bonchev–Trinajstić information content (AvgIpc) is 2.78. The van der Waals surface area contributed by atoms with E-state index in [0.29, 0.717) is 6.04 Å². The Morgan fingerprint density at radius 3 is 2.53 bits per heavy atom. The van der Waals surface area contributed by atoms with E-state index in [1.165, 1.54) is 44.2 Å². The van der Waals surface area contributed by atoms with Crippen molar-refractivity contribution in [2.24, 2.45) is 0 Å². The van der Waals surface area contributed by atoms with Crippen LogP contribution in [-0.4, -0.2) is 23.1 Å². The van der Waals surface area contributed by atoms with Gasteiger partial charge in [-0.15, -0.1) is 0 Å². The quantitative estimate of drug-likeness (QED) is 0.399. The molecule has 1 aliphatic rings. The van der Waals surface area contributed by atoms with Gasteiger partial charge in [0.1, 0.15) is 5.75 Å². The number of nitrogens with zero attached hydrogens (tertiary/aromatic N) is 2. The van der Waals surface area contributed by atoms with Crippen LogP contribution in [0.1, 0.15) is 43.4 Å². The van der Waals surface area contributed by atoms with Crippen molar-refractivity contribution in [2.75, 3.05) is 12.4 Å². The van der Waals surface area contributed by atoms with Gasteiger partial charge in [-0.1, -0.05) is 25.3 Å². The molecule has 0 unspecified atom stereocenters. The molecular formula is C24H25N3O3. The fourth-order valence-corrected chi connectivity index (χ4v) is 3.91. The highest BCUT2D eigenvalue weighted by Gasteiger charge is 2.15. The third-order valence-corrected chi connectivity index (χ3v) is 5.55. The van der Waals surface area contributed by atoms with E-state index >= 15 is 0 Å². The van der Waals surface area contributed by atoms with Crippen LogP contribution in [0.5, 0.6) is 5.75 Å². The lowest BCUT2D eigenvalue weighted by molar-refractivity contribution is -0.384. The fourth-order valence-electron chi connectivity index (χ4n) is 3.91. The van der Waals surface area contributed by atoms with Crippen LogP contribution in [0.25, 0.3) is 23.1 Å². The van der Waals surface area contributed by atoms with E-state index in [-0.39, 0.29) is 5.69 Å². The summed E-state index contributed by atoms with van der Waals surface area (Å²) in [5, 5.41) is 15.6. The maximum atomic E-state index is 10.8. The highest BCUT2D eigenvalue weighted by Crippen LogP contribution is 2.30. The molecule has 0 spiro atoms. The van der Waals surface area contributed by atoms with Crippen LogP contribution in [0.3, 0.4) is 0 Å². The topological polar surface area (TPSA) is 77.3 Å². The van der Waals surface area contributed by atoms with Gasteiger partial charge in [-0.3, -0.25) is 10.1 Å². The number of aromatic nitrogens is 1. The second-order valence-electron chi connectivity index (χ2n) is 7.64. The predicted molar refractivity (Wildman–Crippen MR) is 121 cm³/mol. The zero-order valence-electron chi connectivity index (χ0n) is 17.0. The molecule has 2 aromatic carbocycles. The van der Waals surface area contributed by atoms with Gasteiger partial charge in [0.15, 0.2) is 0 Å². The van der Waals surface area contributed by atoms with Crippen LogP contribution in [0.15, 0.2) is 48.5 Å². The van der Waals surface area contributed by atoms with Gasteiger partial charge in [0.05, 0.1) is 23.2 Å². The molecule has 1 aromatic heterocycles. The first-order chi connectivity index (χ1) is 14.6. The third-order valence-electron chi connectivity index (χ3n) is 5.55. The minimum atomic E-state index is -0.393. The molecule has 0 amide bonds. The molecule has 3 aromatic rings. The van der Waals surface area contributed by atoms with Crippen LogP contribution >= 0.6 is 0 Å². The molecule has 30 heavy (non-hydrogen) atoms. The van der Waals surface area contributed by atoms with Crippen LogP contribution in [0, 0.1) is 10.1 Å². The van der Waals surface area contributed by atoms with Crippen molar-refractivity contribution in [1.29, 1.82) is 0 Å². The molecule has 1 aliphatic carbocycles. The number of hydrogen-bond acceptors (Lipinski definition) is 5. The number of rotatable bonds is 6. The molecule has 6 heteroatoms. The molecule has 0 bridgehead atoms. The van der Waals surface area contributed by atoms with E-state index in [9.17, 15) is 10.1 Å². The molecule has 0 saturated heterocycles. The zero-order chi connectivity index (χ0) is 20.9. The first kappa shape index (κ1) is 19.9. The molecular weight excluding hydrogens is 378 g/mol. The summed E-state index contributed by atoms with van der Waals surface area (Å²) in [4.78, 5) is 15.2. The average molecular weight is 403 g/mol. The summed E-state index contributed by atoms with van der Waals surface area (Å²) in [5.74, 6) is 0.810. The van der Waals surface area contributed by atoms with Gasteiger partial charge in [-0.25, -0.2) is 4.98 Å². The summed E-state index contributed by atoms with van der Waals surface area (Å²) in [6.45, 7) is 0. The number of methoxy groups -OCH3 is 1. The lowest BCUT2D eigenvalue weighted by atomic mass is 9.95. The Kier molecular flexibility index (Phi) is 5.93. The molecule has 0 radical (unpaired) electrons. The largest absolute Gasteiger partial charge is 0.497 e. The number of benzene rings is 2. The highest BCUT2D eigenvalue weighted by molar-refractivity contribution is 5.94. The lowest BCUT2D eigenvalue weighted by Crippen LogP contribution is -2.22. The third kappa shape index (κ3) is 4.59. The van der Waals surface area contributed by atoms with E-state index in [2.05, 4.69) is 11.4 Å². The second kappa shape index (κ2) is 8.95. The molecule has 4 rings (SSSR count). The Morgan fingerprint density at radius 1 is 1.07 bits per heavy atom. The molecule has 0 atom stereocenters. The Hall–Kier alpha value is -3.41.